The maximum Gasteiger partial charge on any atom is 0.216 e. The van der Waals surface area contributed by atoms with Crippen LogP contribution in [0.5, 0.6) is 5.75 Å². The number of nitrogens with one attached hydrogen (secondary N) is 1. The molecule has 21 heavy (non-hydrogen) atoms. The number of nitrogens with zero attached hydrogens (tertiary/aromatic N) is 3. The third-order valence-corrected chi connectivity index (χ3v) is 3.89. The fourth-order valence-electron chi connectivity index (χ4n) is 2.06. The number of halogens is 1. The van der Waals surface area contributed by atoms with E-state index < -0.39 is 0 Å². The number of hydrogen-bond donors (Lipinski definition) is 2. The van der Waals surface area contributed by atoms with Gasteiger partial charge in [-0.15, -0.1) is 0 Å². The maximum absolute atomic E-state index is 9.41. The predicted molar refractivity (Wildman–Crippen MR) is 86.8 cm³/mol. The van der Waals surface area contributed by atoms with E-state index >= 15 is 0 Å². The molecule has 2 rings (SSSR count). The summed E-state index contributed by atoms with van der Waals surface area (Å²) in [5.74, 6) is 1.18. The predicted octanol–water partition coefficient (Wildman–Crippen LogP) is 4.09. The van der Waals surface area contributed by atoms with Crippen LogP contribution in [0.25, 0.3) is 0 Å². The maximum atomic E-state index is 9.41. The molecule has 1 heterocycles. The van der Waals surface area contributed by atoms with Crippen LogP contribution in [0.3, 0.4) is 0 Å². The number of aromatic amines is 1. The Kier molecular flexibility index (Phi) is 5.14. The fraction of sp³-hybridized carbons (Fsp3) is 0.357. The van der Waals surface area contributed by atoms with E-state index in [2.05, 4.69) is 29.1 Å². The highest BCUT2D eigenvalue weighted by Gasteiger charge is 2.14. The second-order valence-electron chi connectivity index (χ2n) is 4.67. The highest BCUT2D eigenvalue weighted by atomic mass is 35.5. The van der Waals surface area contributed by atoms with Crippen molar-refractivity contribution in [2.24, 2.45) is 5.10 Å². The minimum Gasteiger partial charge on any atom is -0.506 e. The van der Waals surface area contributed by atoms with Gasteiger partial charge in [0.25, 0.3) is 0 Å². The first-order valence-electron chi connectivity index (χ1n) is 6.77. The Labute approximate surface area is 133 Å². The SMILES string of the molecule is CCC(CC)c1n[nH]c(=S)n1/N=C\c1ccc(O)c(Cl)c1. The van der Waals surface area contributed by atoms with Gasteiger partial charge in [0.2, 0.25) is 4.77 Å². The van der Waals surface area contributed by atoms with Gasteiger partial charge in [0.1, 0.15) is 5.75 Å². The van der Waals surface area contributed by atoms with Crippen LogP contribution in [0.4, 0.5) is 0 Å². The van der Waals surface area contributed by atoms with Crippen molar-refractivity contribution < 1.29 is 5.11 Å². The molecule has 1 aromatic heterocycles. The van der Waals surface area contributed by atoms with Crippen molar-refractivity contribution in [3.63, 3.8) is 0 Å². The third-order valence-electron chi connectivity index (χ3n) is 3.32. The van der Waals surface area contributed by atoms with E-state index in [9.17, 15) is 5.11 Å². The minimum absolute atomic E-state index is 0.0476. The van der Waals surface area contributed by atoms with Gasteiger partial charge in [0, 0.05) is 5.92 Å². The topological polar surface area (TPSA) is 66.2 Å². The second-order valence-corrected chi connectivity index (χ2v) is 5.46. The summed E-state index contributed by atoms with van der Waals surface area (Å²) in [5.41, 5.74) is 0.774. The van der Waals surface area contributed by atoms with Crippen molar-refractivity contribution in [2.75, 3.05) is 0 Å². The number of aromatic nitrogens is 3. The van der Waals surface area contributed by atoms with Crippen molar-refractivity contribution in [1.82, 2.24) is 14.9 Å². The Bertz CT molecular complexity index is 703. The number of phenolic OH excluding ortho intramolecular Hbond substituents is 1. The van der Waals surface area contributed by atoms with Gasteiger partial charge in [-0.05, 0) is 48.8 Å². The lowest BCUT2D eigenvalue weighted by molar-refractivity contribution is 0.475. The average Bonchev–Trinajstić information content (AvgIpc) is 2.83. The molecule has 0 saturated heterocycles. The Balaban J connectivity index is 2.34. The molecule has 0 saturated carbocycles. The van der Waals surface area contributed by atoms with Gasteiger partial charge in [0.05, 0.1) is 11.2 Å². The summed E-state index contributed by atoms with van der Waals surface area (Å²) < 4.78 is 2.09. The first kappa shape index (κ1) is 15.7. The van der Waals surface area contributed by atoms with Crippen LogP contribution < -0.4 is 0 Å². The number of aromatic hydroxyl groups is 1. The van der Waals surface area contributed by atoms with Gasteiger partial charge in [-0.2, -0.15) is 14.9 Å². The Morgan fingerprint density at radius 2 is 2.19 bits per heavy atom. The lowest BCUT2D eigenvalue weighted by Gasteiger charge is -2.10. The van der Waals surface area contributed by atoms with Crippen molar-refractivity contribution in [3.05, 3.63) is 39.4 Å². The lowest BCUT2D eigenvalue weighted by Crippen LogP contribution is -2.05. The van der Waals surface area contributed by atoms with E-state index in [0.717, 1.165) is 24.2 Å². The van der Waals surface area contributed by atoms with Crippen molar-refractivity contribution >= 4 is 30.0 Å². The van der Waals surface area contributed by atoms with E-state index in [0.29, 0.717) is 10.7 Å². The molecule has 0 aliphatic rings. The van der Waals surface area contributed by atoms with Gasteiger partial charge in [-0.1, -0.05) is 25.4 Å². The molecule has 0 radical (unpaired) electrons. The molecular weight excluding hydrogens is 308 g/mol. The Hall–Kier alpha value is -1.66. The molecule has 0 aliphatic heterocycles. The molecule has 0 fully saturated rings. The van der Waals surface area contributed by atoms with E-state index in [-0.39, 0.29) is 10.8 Å². The van der Waals surface area contributed by atoms with Crippen molar-refractivity contribution in [1.29, 1.82) is 0 Å². The zero-order chi connectivity index (χ0) is 15.4. The summed E-state index contributed by atoms with van der Waals surface area (Å²) in [6.07, 6.45) is 3.58. The molecule has 1 aromatic carbocycles. The van der Waals surface area contributed by atoms with Crippen LogP contribution >= 0.6 is 23.8 Å². The van der Waals surface area contributed by atoms with Crippen molar-refractivity contribution in [3.8, 4) is 5.75 Å². The smallest absolute Gasteiger partial charge is 0.216 e. The highest BCUT2D eigenvalue weighted by Crippen LogP contribution is 2.23. The monoisotopic (exact) mass is 324 g/mol. The van der Waals surface area contributed by atoms with E-state index in [1.165, 1.54) is 6.07 Å². The molecule has 2 aromatic rings. The molecule has 5 nitrogen and oxygen atoms in total. The van der Waals surface area contributed by atoms with Gasteiger partial charge in [0.15, 0.2) is 5.82 Å². The largest absolute Gasteiger partial charge is 0.506 e. The zero-order valence-corrected chi connectivity index (χ0v) is 13.4. The Morgan fingerprint density at radius 1 is 1.48 bits per heavy atom. The summed E-state index contributed by atoms with van der Waals surface area (Å²) in [6.45, 7) is 4.22. The van der Waals surface area contributed by atoms with Crippen LogP contribution in [-0.4, -0.2) is 26.2 Å². The lowest BCUT2D eigenvalue weighted by atomic mass is 10.0. The number of phenols is 1. The number of hydrogen-bond acceptors (Lipinski definition) is 4. The van der Waals surface area contributed by atoms with Crippen LogP contribution in [0.15, 0.2) is 23.3 Å². The first-order valence-corrected chi connectivity index (χ1v) is 7.55. The number of rotatable bonds is 5. The van der Waals surface area contributed by atoms with Crippen molar-refractivity contribution in [2.45, 2.75) is 32.6 Å². The van der Waals surface area contributed by atoms with Gasteiger partial charge < -0.3 is 5.11 Å². The molecule has 0 atom stereocenters. The zero-order valence-electron chi connectivity index (χ0n) is 11.9. The Morgan fingerprint density at radius 3 is 2.81 bits per heavy atom. The molecule has 0 aliphatic carbocycles. The number of H-pyrrole nitrogens is 1. The normalized spacial score (nSPS) is 11.6. The van der Waals surface area contributed by atoms with E-state index in [4.69, 9.17) is 23.8 Å². The quantitative estimate of drug-likeness (QED) is 0.643. The highest BCUT2D eigenvalue weighted by molar-refractivity contribution is 7.71. The molecule has 0 unspecified atom stereocenters. The van der Waals surface area contributed by atoms with Crippen LogP contribution in [-0.2, 0) is 0 Å². The molecule has 2 N–H and O–H groups in total. The third kappa shape index (κ3) is 3.51. The summed E-state index contributed by atoms with van der Waals surface area (Å²) in [7, 11) is 0. The molecule has 0 bridgehead atoms. The molecule has 112 valence electrons. The molecule has 0 spiro atoms. The summed E-state index contributed by atoms with van der Waals surface area (Å²) in [6, 6.07) is 4.90. The van der Waals surface area contributed by atoms with E-state index in [1.54, 1.807) is 23.0 Å². The van der Waals surface area contributed by atoms with Gasteiger partial charge >= 0.3 is 0 Å². The van der Waals surface area contributed by atoms with Crippen LogP contribution in [0.1, 0.15) is 44.0 Å². The van der Waals surface area contributed by atoms with Crippen LogP contribution in [0, 0.1) is 4.77 Å². The average molecular weight is 325 g/mol. The standard InChI is InChI=1S/C14H17ClN4OS/c1-3-10(4-2)13-17-18-14(21)19(13)16-8-9-5-6-12(20)11(15)7-9/h5-8,10,20H,3-4H2,1-2H3,(H,18,21)/b16-8-. The molecule has 0 amide bonds. The minimum atomic E-state index is 0.0476. The summed E-state index contributed by atoms with van der Waals surface area (Å²) in [5, 5.41) is 21.1. The molecule has 7 heteroatoms. The summed E-state index contributed by atoms with van der Waals surface area (Å²) >= 11 is 11.1. The number of benzene rings is 1. The van der Waals surface area contributed by atoms with Gasteiger partial charge in [-0.25, -0.2) is 0 Å². The van der Waals surface area contributed by atoms with Gasteiger partial charge in [-0.3, -0.25) is 5.10 Å². The molecular formula is C14H17ClN4OS. The summed E-state index contributed by atoms with van der Waals surface area (Å²) in [4.78, 5) is 0. The first-order chi connectivity index (χ1) is 10.1. The fourth-order valence-corrected chi connectivity index (χ4v) is 2.44. The van der Waals surface area contributed by atoms with E-state index in [1.807, 2.05) is 0 Å². The van der Waals surface area contributed by atoms with Crippen LogP contribution in [0.2, 0.25) is 5.02 Å². The second kappa shape index (κ2) is 6.87.